The van der Waals surface area contributed by atoms with Crippen molar-refractivity contribution < 1.29 is 9.53 Å². The van der Waals surface area contributed by atoms with Gasteiger partial charge in [0.1, 0.15) is 6.10 Å². The Hall–Kier alpha value is -1.05. The zero-order valence-corrected chi connectivity index (χ0v) is 13.0. The van der Waals surface area contributed by atoms with E-state index in [1.807, 2.05) is 0 Å². The Labute approximate surface area is 117 Å². The normalized spacial score (nSPS) is 32.6. The molecule has 0 aromatic carbocycles. The highest BCUT2D eigenvalue weighted by atomic mass is 16.5. The molecular weight excluding hydrogens is 236 g/mol. The average molecular weight is 264 g/mol. The van der Waals surface area contributed by atoms with Crippen molar-refractivity contribution in [3.05, 3.63) is 23.8 Å². The summed E-state index contributed by atoms with van der Waals surface area (Å²) >= 11 is 0. The Morgan fingerprint density at radius 1 is 1.42 bits per heavy atom. The topological polar surface area (TPSA) is 26.3 Å². The van der Waals surface area contributed by atoms with Crippen LogP contribution in [-0.2, 0) is 9.53 Å². The van der Waals surface area contributed by atoms with Crippen molar-refractivity contribution in [1.82, 2.24) is 0 Å². The standard InChI is InChI=1S/C17H28O2/c1-13-7-6-8-14(2)16(19-15(3)18)10-12-17(4,5)11-9-13/h9-10,12,14,16H,6-8,11H2,1-5H3/b12-10+,13-9+/t14?,16-/m1/s1. The van der Waals surface area contributed by atoms with Gasteiger partial charge in [-0.1, -0.05) is 38.5 Å². The van der Waals surface area contributed by atoms with Crippen LogP contribution in [0.4, 0.5) is 0 Å². The summed E-state index contributed by atoms with van der Waals surface area (Å²) in [6.07, 6.45) is 11.0. The first-order chi connectivity index (χ1) is 8.80. The zero-order chi connectivity index (χ0) is 14.5. The summed E-state index contributed by atoms with van der Waals surface area (Å²) in [6, 6.07) is 0. The monoisotopic (exact) mass is 264 g/mol. The molecule has 1 unspecified atom stereocenters. The van der Waals surface area contributed by atoms with Crippen LogP contribution >= 0.6 is 0 Å². The molecule has 2 atom stereocenters. The summed E-state index contributed by atoms with van der Waals surface area (Å²) < 4.78 is 5.45. The van der Waals surface area contributed by atoms with E-state index in [1.54, 1.807) is 0 Å². The summed E-state index contributed by atoms with van der Waals surface area (Å²) in [6.45, 7) is 10.3. The quantitative estimate of drug-likeness (QED) is 0.508. The molecule has 0 spiro atoms. The summed E-state index contributed by atoms with van der Waals surface area (Å²) in [5.41, 5.74) is 1.59. The Bertz CT molecular complexity index is 363. The second kappa shape index (κ2) is 6.93. The van der Waals surface area contributed by atoms with Crippen LogP contribution in [0.3, 0.4) is 0 Å². The van der Waals surface area contributed by atoms with Crippen molar-refractivity contribution in [1.29, 1.82) is 0 Å². The van der Waals surface area contributed by atoms with Crippen LogP contribution < -0.4 is 0 Å². The molecule has 0 aliphatic heterocycles. The van der Waals surface area contributed by atoms with Crippen LogP contribution in [0.2, 0.25) is 0 Å². The van der Waals surface area contributed by atoms with Crippen LogP contribution in [0.25, 0.3) is 0 Å². The van der Waals surface area contributed by atoms with Crippen molar-refractivity contribution in [3.63, 3.8) is 0 Å². The fraction of sp³-hybridized carbons (Fsp3) is 0.706. The Morgan fingerprint density at radius 3 is 2.74 bits per heavy atom. The van der Waals surface area contributed by atoms with Crippen molar-refractivity contribution in [2.24, 2.45) is 11.3 Å². The predicted octanol–water partition coefficient (Wildman–Crippen LogP) is 4.66. The van der Waals surface area contributed by atoms with Crippen molar-refractivity contribution in [2.45, 2.75) is 66.4 Å². The molecule has 1 aliphatic carbocycles. The highest BCUT2D eigenvalue weighted by molar-refractivity contribution is 5.66. The lowest BCUT2D eigenvalue weighted by molar-refractivity contribution is -0.146. The minimum absolute atomic E-state index is 0.0878. The van der Waals surface area contributed by atoms with Crippen LogP contribution in [0.15, 0.2) is 23.8 Å². The molecular formula is C17H28O2. The summed E-state index contributed by atoms with van der Waals surface area (Å²) in [5, 5.41) is 0. The molecule has 0 heterocycles. The van der Waals surface area contributed by atoms with Crippen molar-refractivity contribution >= 4 is 5.97 Å². The Balaban J connectivity index is 2.88. The molecule has 2 heteroatoms. The molecule has 0 saturated carbocycles. The minimum atomic E-state index is -0.191. The third-order valence-electron chi connectivity index (χ3n) is 3.81. The number of carbonyl (C=O) groups excluding carboxylic acids is 1. The SMILES string of the molecule is CC(=O)O[C@@H]1/C=C/C(C)(C)C/C=C(\C)CCCC1C. The molecule has 2 nitrogen and oxygen atoms in total. The molecule has 0 amide bonds. The first-order valence-electron chi connectivity index (χ1n) is 7.32. The largest absolute Gasteiger partial charge is 0.458 e. The van der Waals surface area contributed by atoms with E-state index in [2.05, 4.69) is 45.9 Å². The first-order valence-corrected chi connectivity index (χ1v) is 7.32. The average Bonchev–Trinajstić information content (AvgIpc) is 2.32. The minimum Gasteiger partial charge on any atom is -0.458 e. The lowest BCUT2D eigenvalue weighted by Gasteiger charge is -2.23. The lowest BCUT2D eigenvalue weighted by Crippen LogP contribution is -2.23. The number of hydrogen-bond acceptors (Lipinski definition) is 2. The predicted molar refractivity (Wildman–Crippen MR) is 79.9 cm³/mol. The fourth-order valence-electron chi connectivity index (χ4n) is 2.37. The summed E-state index contributed by atoms with van der Waals surface area (Å²) in [7, 11) is 0. The van der Waals surface area contributed by atoms with E-state index in [-0.39, 0.29) is 17.5 Å². The van der Waals surface area contributed by atoms with E-state index < -0.39 is 0 Å². The van der Waals surface area contributed by atoms with Crippen LogP contribution in [0.5, 0.6) is 0 Å². The van der Waals surface area contributed by atoms with Gasteiger partial charge in [0.15, 0.2) is 0 Å². The fourth-order valence-corrected chi connectivity index (χ4v) is 2.37. The van der Waals surface area contributed by atoms with E-state index >= 15 is 0 Å². The van der Waals surface area contributed by atoms with Crippen molar-refractivity contribution in [2.75, 3.05) is 0 Å². The second-order valence-corrected chi connectivity index (χ2v) is 6.55. The molecule has 19 heavy (non-hydrogen) atoms. The number of esters is 1. The Kier molecular flexibility index (Phi) is 5.84. The van der Waals surface area contributed by atoms with Gasteiger partial charge in [0, 0.05) is 6.92 Å². The number of carbonyl (C=O) groups is 1. The molecule has 0 aromatic heterocycles. The molecule has 0 saturated heterocycles. The van der Waals surface area contributed by atoms with Gasteiger partial charge in [-0.25, -0.2) is 0 Å². The third-order valence-corrected chi connectivity index (χ3v) is 3.81. The van der Waals surface area contributed by atoms with Crippen molar-refractivity contribution in [3.8, 4) is 0 Å². The van der Waals surface area contributed by atoms with Gasteiger partial charge in [-0.05, 0) is 50.0 Å². The number of hydrogen-bond donors (Lipinski definition) is 0. The van der Waals surface area contributed by atoms with Gasteiger partial charge in [-0.2, -0.15) is 0 Å². The highest BCUT2D eigenvalue weighted by Crippen LogP contribution is 2.28. The number of allylic oxidation sites excluding steroid dienone is 3. The van der Waals surface area contributed by atoms with Crippen LogP contribution in [0.1, 0.15) is 60.3 Å². The molecule has 0 N–H and O–H groups in total. The van der Waals surface area contributed by atoms with E-state index in [1.165, 1.54) is 12.5 Å². The first kappa shape index (κ1) is 16.0. The van der Waals surface area contributed by atoms with Gasteiger partial charge in [-0.3, -0.25) is 4.79 Å². The van der Waals surface area contributed by atoms with E-state index in [9.17, 15) is 4.79 Å². The Morgan fingerprint density at radius 2 is 2.11 bits per heavy atom. The maximum absolute atomic E-state index is 11.2. The van der Waals surface area contributed by atoms with Gasteiger partial charge in [0.05, 0.1) is 0 Å². The number of ether oxygens (including phenoxy) is 1. The van der Waals surface area contributed by atoms with E-state index in [4.69, 9.17) is 4.74 Å². The van der Waals surface area contributed by atoms with Crippen LogP contribution in [-0.4, -0.2) is 12.1 Å². The van der Waals surface area contributed by atoms with Gasteiger partial charge < -0.3 is 4.74 Å². The van der Waals surface area contributed by atoms with E-state index in [0.717, 1.165) is 25.7 Å². The lowest BCUT2D eigenvalue weighted by atomic mass is 9.87. The smallest absolute Gasteiger partial charge is 0.303 e. The third kappa shape index (κ3) is 6.09. The van der Waals surface area contributed by atoms with Gasteiger partial charge in [-0.15, -0.1) is 0 Å². The summed E-state index contributed by atoms with van der Waals surface area (Å²) in [4.78, 5) is 11.2. The van der Waals surface area contributed by atoms with Crippen LogP contribution in [0, 0.1) is 11.3 Å². The summed E-state index contributed by atoms with van der Waals surface area (Å²) in [5.74, 6) is 0.185. The molecule has 0 aromatic rings. The van der Waals surface area contributed by atoms with Gasteiger partial charge in [0.2, 0.25) is 0 Å². The highest BCUT2D eigenvalue weighted by Gasteiger charge is 2.20. The molecule has 0 radical (unpaired) electrons. The molecule has 1 rings (SSSR count). The molecule has 0 bridgehead atoms. The second-order valence-electron chi connectivity index (χ2n) is 6.55. The number of rotatable bonds is 1. The zero-order valence-electron chi connectivity index (χ0n) is 13.0. The van der Waals surface area contributed by atoms with Gasteiger partial charge in [0.25, 0.3) is 0 Å². The molecule has 108 valence electrons. The van der Waals surface area contributed by atoms with E-state index in [0.29, 0.717) is 5.92 Å². The molecule has 1 aliphatic rings. The van der Waals surface area contributed by atoms with Gasteiger partial charge >= 0.3 is 5.97 Å². The maximum Gasteiger partial charge on any atom is 0.303 e. The molecule has 0 fully saturated rings. The maximum atomic E-state index is 11.2.